The van der Waals surface area contributed by atoms with Crippen molar-refractivity contribution in [2.75, 3.05) is 39.4 Å². The Morgan fingerprint density at radius 1 is 0.949 bits per heavy atom. The van der Waals surface area contributed by atoms with Crippen molar-refractivity contribution in [2.24, 2.45) is 11.1 Å². The number of unbranched alkanes of at least 4 members (excludes halogenated alkanes) is 1. The third-order valence-electron chi connectivity index (χ3n) is 19.0. The number of halogens is 1. The zero-order chi connectivity index (χ0) is 69.9. The molecule has 10 N–H and O–H groups in total. The lowest BCUT2D eigenvalue weighted by molar-refractivity contribution is -0.145. The van der Waals surface area contributed by atoms with Gasteiger partial charge < -0.3 is 71.1 Å². The average molecular weight is 1410 g/mol. The van der Waals surface area contributed by atoms with E-state index in [1.165, 1.54) is 57.2 Å². The van der Waals surface area contributed by atoms with E-state index < -0.39 is 96.5 Å². The van der Waals surface area contributed by atoms with Crippen molar-refractivity contribution in [3.63, 3.8) is 0 Å². The first-order chi connectivity index (χ1) is 46.7. The molecule has 1 aliphatic carbocycles. The molecular weight excluding hydrogens is 1330 g/mol. The summed E-state index contributed by atoms with van der Waals surface area (Å²) in [5, 5.41) is 32.4. The number of likely N-dealkylation sites (tertiary alicyclic amines) is 1. The number of aromatic nitrogens is 5. The van der Waals surface area contributed by atoms with Gasteiger partial charge >= 0.3 is 7.60 Å². The van der Waals surface area contributed by atoms with Crippen molar-refractivity contribution >= 4 is 94.2 Å². The van der Waals surface area contributed by atoms with Crippen LogP contribution in [0.2, 0.25) is 5.02 Å². The fraction of sp³-hybridized carbons (Fsp3) is 0.493. The maximum atomic E-state index is 14.9. The number of aryl methyl sites for hydroxylation is 2. The van der Waals surface area contributed by atoms with E-state index >= 15 is 0 Å². The molecule has 3 saturated heterocycles. The summed E-state index contributed by atoms with van der Waals surface area (Å²) in [7, 11) is -5.10. The molecule has 8 atom stereocenters. The third-order valence-corrected chi connectivity index (χ3v) is 21.2. The summed E-state index contributed by atoms with van der Waals surface area (Å²) in [5.74, 6) is -3.57. The van der Waals surface area contributed by atoms with E-state index in [0.717, 1.165) is 45.9 Å². The molecule has 4 aliphatic heterocycles. The zero-order valence-electron chi connectivity index (χ0n) is 54.7. The number of nitrogens with one attached hydrogen (secondary N) is 5. The van der Waals surface area contributed by atoms with Crippen LogP contribution in [0.15, 0.2) is 72.2 Å². The van der Waals surface area contributed by atoms with Crippen LogP contribution in [0.4, 0.5) is 0 Å². The van der Waals surface area contributed by atoms with Gasteiger partial charge in [-0.1, -0.05) is 67.1 Å². The van der Waals surface area contributed by atoms with Gasteiger partial charge in [0, 0.05) is 79.8 Å². The monoisotopic (exact) mass is 1410 g/mol. The first kappa shape index (κ1) is 70.9. The first-order valence-electron chi connectivity index (χ1n) is 32.9. The van der Waals surface area contributed by atoms with E-state index in [-0.39, 0.29) is 118 Å². The van der Waals surface area contributed by atoms with Crippen LogP contribution in [0.1, 0.15) is 158 Å². The largest absolute Gasteiger partial charge is 0.490 e. The number of H-pyrrole nitrogens is 1. The zero-order valence-corrected chi connectivity index (χ0v) is 57.2. The number of ether oxygens (including phenoxy) is 2. The van der Waals surface area contributed by atoms with E-state index in [1.807, 2.05) is 51.1 Å². The number of thiazole rings is 1. The molecule has 3 aromatic carbocycles. The molecule has 8 amide bonds. The van der Waals surface area contributed by atoms with Crippen LogP contribution >= 0.6 is 30.5 Å². The normalized spacial score (nSPS) is 21.4. The summed E-state index contributed by atoms with van der Waals surface area (Å²) >= 11 is 8.48. The van der Waals surface area contributed by atoms with Crippen LogP contribution < -0.4 is 31.7 Å². The predicted octanol–water partition coefficient (Wildman–Crippen LogP) is 5.03. The minimum Gasteiger partial charge on any atom is -0.490 e. The van der Waals surface area contributed by atoms with Crippen molar-refractivity contribution < 1.29 is 72.1 Å². The number of nitrogens with zero attached hydrogens (tertiary/aromatic N) is 7. The smallest absolute Gasteiger partial charge is 0.396 e. The lowest BCUT2D eigenvalue weighted by atomic mass is 9.84. The number of carbonyl (C=O) groups excluding carboxylic acids is 9. The fourth-order valence-corrected chi connectivity index (χ4v) is 15.2. The highest BCUT2D eigenvalue weighted by Crippen LogP contribution is 2.45. The summed E-state index contributed by atoms with van der Waals surface area (Å²) in [6, 6.07) is 11.6. The Kier molecular flexibility index (Phi) is 21.7. The van der Waals surface area contributed by atoms with Gasteiger partial charge in [-0.05, 0) is 112 Å². The topological polar surface area (TPSA) is 393 Å². The number of hydrogen-bond donors (Lipinski definition) is 9. The number of aromatic amines is 1. The van der Waals surface area contributed by atoms with Crippen molar-refractivity contribution in [1.82, 2.24) is 60.9 Å². The summed E-state index contributed by atoms with van der Waals surface area (Å²) < 4.78 is 25.7. The lowest BCUT2D eigenvalue weighted by Gasteiger charge is -2.38. The fourth-order valence-electron chi connectivity index (χ4n) is 13.6. The van der Waals surface area contributed by atoms with Gasteiger partial charge in [-0.15, -0.1) is 16.4 Å². The van der Waals surface area contributed by atoms with Gasteiger partial charge in [-0.2, -0.15) is 0 Å². The molecule has 28 nitrogen and oxygen atoms in total. The number of primary amides is 1. The Morgan fingerprint density at radius 2 is 1.71 bits per heavy atom. The number of rotatable bonds is 25. The minimum absolute atomic E-state index is 0.0117. The van der Waals surface area contributed by atoms with Gasteiger partial charge in [0.05, 0.1) is 70.3 Å². The predicted molar refractivity (Wildman–Crippen MR) is 358 cm³/mol. The van der Waals surface area contributed by atoms with E-state index in [1.54, 1.807) is 22.3 Å². The summed E-state index contributed by atoms with van der Waals surface area (Å²) in [5.41, 5.74) is 9.98. The number of carbonyl (C=O) groups is 9. The molecule has 0 unspecified atom stereocenters. The van der Waals surface area contributed by atoms with Crippen molar-refractivity contribution in [2.45, 2.75) is 166 Å². The molecule has 98 heavy (non-hydrogen) atoms. The van der Waals surface area contributed by atoms with Gasteiger partial charge in [0.2, 0.25) is 41.4 Å². The number of hydrogen-bond acceptors (Lipinski definition) is 17. The van der Waals surface area contributed by atoms with E-state index in [9.17, 15) is 62.6 Å². The number of nitrogens with two attached hydrogens (primary N) is 1. The second-order valence-electron chi connectivity index (χ2n) is 26.7. The molecule has 3 aromatic heterocycles. The SMILES string of the molecule is CC(=O)N1CC[C@H]2CC[C@@H](C(=O)N[C@@H](CCC(N)=O)COc3cccc(CCCCNC(=O)C[C@H](NC(=O)[C@@H]4C[C@@H](O)CN4C(=O)[C@H]4n5nnc(C6CC6)c5COCC4(C)C)c4ccc(-c5scnc5C)cc4)c3Cl)N2C(=O)[C@@H](NC(=O)c2cc3cc(C(=O)P(=O)(O)O)ccc3[nH]2)C1. The molecule has 1 saturated carbocycles. The van der Waals surface area contributed by atoms with Crippen LogP contribution in [0.25, 0.3) is 21.3 Å². The summed E-state index contributed by atoms with van der Waals surface area (Å²) in [6.07, 6.45) is 3.37. The maximum Gasteiger partial charge on any atom is 0.396 e. The first-order valence-corrected chi connectivity index (χ1v) is 35.8. The van der Waals surface area contributed by atoms with Crippen molar-refractivity contribution in [3.8, 4) is 16.2 Å². The standard InChI is InChI=1S/C67H81ClN13O15PS/c1-36-59(98-35-71-36)41-15-11-38(12-16-41)48(74-63(88)52-28-46(83)30-79(52)65(90)60-67(3,4)34-95-33-53-58(40-13-14-40)76-77-81(53)60)29-56(85)70-24-6-5-8-39-9-7-10-54(57(39)68)96-32-44(18-22-55(69)84)72-62(87)51-21-19-45-23-25-78(37(2)82)31-50(64(89)80(45)51)75-61(86)49-27-43-26-42(17-20-47(43)73-49)66(91)97(92,93)94/h7,9-12,15-17,20,26-27,35,40,44-46,48,50-52,60,73,83H,5-6,8,13-14,18-19,21-25,28-34H2,1-4H3,(H2,69,84)(H,70,85)(H,72,87)(H,74,88)(H,75,86)(H2,92,93,94)/t44-,45+,46+,48-,50-,51-,52-,60+/m0/s1. The molecule has 522 valence electrons. The molecule has 0 spiro atoms. The van der Waals surface area contributed by atoms with Crippen LogP contribution in [0, 0.1) is 12.3 Å². The Hall–Kier alpha value is -8.44. The maximum absolute atomic E-state index is 14.9. The number of benzene rings is 3. The highest BCUT2D eigenvalue weighted by atomic mass is 35.5. The number of aliphatic hydroxyl groups excluding tert-OH is 1. The van der Waals surface area contributed by atoms with Crippen LogP contribution in [0.5, 0.6) is 5.75 Å². The van der Waals surface area contributed by atoms with Gasteiger partial charge in [0.25, 0.3) is 11.4 Å². The summed E-state index contributed by atoms with van der Waals surface area (Å²) in [4.78, 5) is 155. The molecule has 31 heteroatoms. The Morgan fingerprint density at radius 3 is 2.43 bits per heavy atom. The van der Waals surface area contributed by atoms with Crippen LogP contribution in [-0.4, -0.2) is 183 Å². The minimum atomic E-state index is -5.10. The van der Waals surface area contributed by atoms with Gasteiger partial charge in [0.15, 0.2) is 0 Å². The molecule has 7 heterocycles. The van der Waals surface area contributed by atoms with E-state index in [0.29, 0.717) is 54.0 Å². The Bertz CT molecular complexity index is 4090. The number of β-amino-alcohol motifs (C(OH)–C–C–N with tert-alkyl or cyclic N) is 1. The summed E-state index contributed by atoms with van der Waals surface area (Å²) in [6.45, 7) is 7.66. The van der Waals surface area contributed by atoms with Crippen molar-refractivity contribution in [1.29, 1.82) is 0 Å². The average Bonchev–Trinajstić information content (AvgIpc) is 1.59. The molecule has 5 aliphatic rings. The number of aliphatic hydroxyl groups is 1. The van der Waals surface area contributed by atoms with Crippen molar-refractivity contribution in [3.05, 3.63) is 117 Å². The molecule has 6 aromatic rings. The van der Waals surface area contributed by atoms with E-state index in [2.05, 4.69) is 41.5 Å². The highest BCUT2D eigenvalue weighted by molar-refractivity contribution is 7.70. The number of amides is 8. The third kappa shape index (κ3) is 16.1. The number of fused-ring (bicyclic) bond motifs is 3. The Labute approximate surface area is 573 Å². The molecule has 0 radical (unpaired) electrons. The van der Waals surface area contributed by atoms with Gasteiger partial charge in [-0.25, -0.2) is 9.67 Å². The van der Waals surface area contributed by atoms with Gasteiger partial charge in [-0.3, -0.25) is 47.7 Å². The van der Waals surface area contributed by atoms with Crippen LogP contribution in [0.3, 0.4) is 0 Å². The Balaban J connectivity index is 0.704. The highest BCUT2D eigenvalue weighted by Gasteiger charge is 2.50. The van der Waals surface area contributed by atoms with Gasteiger partial charge in [0.1, 0.15) is 42.2 Å². The molecule has 11 rings (SSSR count). The molecular formula is C67H81ClN13O15PS. The molecule has 0 bridgehead atoms. The lowest BCUT2D eigenvalue weighted by Crippen LogP contribution is -2.61. The molecule has 4 fully saturated rings. The second kappa shape index (κ2) is 30.0. The quantitative estimate of drug-likeness (QED) is 0.0268. The van der Waals surface area contributed by atoms with Crippen LogP contribution in [-0.2, 0) is 55.9 Å². The second-order valence-corrected chi connectivity index (χ2v) is 29.5. The van der Waals surface area contributed by atoms with E-state index in [4.69, 9.17) is 26.8 Å².